The number of amides is 1. The molecule has 1 heterocycles. The summed E-state index contributed by atoms with van der Waals surface area (Å²) in [5.74, 6) is 0. The monoisotopic (exact) mass is 303 g/mol. The highest BCUT2D eigenvalue weighted by molar-refractivity contribution is 6.40. The lowest BCUT2D eigenvalue weighted by molar-refractivity contribution is 0.0894. The first-order valence-electron chi connectivity index (χ1n) is 6.35. The van der Waals surface area contributed by atoms with Crippen molar-refractivity contribution in [3.63, 3.8) is 0 Å². The molecule has 1 amide bonds. The Kier molecular flexibility index (Phi) is 8.43. The topological polar surface area (TPSA) is 29.5 Å². The number of piperidine rings is 1. The summed E-state index contributed by atoms with van der Waals surface area (Å²) in [4.78, 5) is 13.5. The molecule has 1 aromatic carbocycles. The number of hydrogen-bond acceptors (Lipinski definition) is 2. The highest BCUT2D eigenvalue weighted by Crippen LogP contribution is 2.11. The van der Waals surface area contributed by atoms with Crippen molar-refractivity contribution in [2.45, 2.75) is 25.9 Å². The normalized spacial score (nSPS) is 14.3. The van der Waals surface area contributed by atoms with E-state index in [1.54, 1.807) is 4.90 Å². The summed E-state index contributed by atoms with van der Waals surface area (Å²) >= 11 is 9.53. The maximum Gasteiger partial charge on any atom is 0.410 e. The van der Waals surface area contributed by atoms with Gasteiger partial charge in [-0.15, -0.1) is 23.2 Å². The number of alkyl halides is 2. The molecule has 1 fully saturated rings. The number of nitrogens with zero attached hydrogens (tertiary/aromatic N) is 1. The van der Waals surface area contributed by atoms with Gasteiger partial charge in [0.05, 0.1) is 5.34 Å². The summed E-state index contributed by atoms with van der Waals surface area (Å²) in [6, 6.07) is 9.77. The van der Waals surface area contributed by atoms with Crippen LogP contribution < -0.4 is 0 Å². The van der Waals surface area contributed by atoms with Gasteiger partial charge in [-0.3, -0.25) is 0 Å². The third kappa shape index (κ3) is 6.69. The van der Waals surface area contributed by atoms with Gasteiger partial charge in [-0.25, -0.2) is 4.79 Å². The van der Waals surface area contributed by atoms with Crippen molar-refractivity contribution in [2.24, 2.45) is 0 Å². The standard InChI is InChI=1S/C13H17NO2.CH2Cl2/c15-13(14-9-5-2-6-10-14)16-11-12-7-3-1-4-8-12;2-1-3/h1,3-4,7-8H,2,5-6,9-11H2;1H2. The maximum absolute atomic E-state index is 11.7. The van der Waals surface area contributed by atoms with Crippen LogP contribution >= 0.6 is 23.2 Å². The molecular formula is C14H19Cl2NO2. The average Bonchev–Trinajstić information content (AvgIpc) is 2.47. The summed E-state index contributed by atoms with van der Waals surface area (Å²) in [7, 11) is 0. The molecule has 3 nitrogen and oxygen atoms in total. The van der Waals surface area contributed by atoms with Crippen LogP contribution in [0, 0.1) is 0 Å². The first-order chi connectivity index (χ1) is 9.27. The second-order valence-corrected chi connectivity index (χ2v) is 5.00. The Morgan fingerprint density at radius 3 is 2.26 bits per heavy atom. The number of benzene rings is 1. The smallest absolute Gasteiger partial charge is 0.410 e. The van der Waals surface area contributed by atoms with Crippen LogP contribution in [-0.2, 0) is 11.3 Å². The Morgan fingerprint density at radius 1 is 1.11 bits per heavy atom. The molecule has 0 N–H and O–H groups in total. The number of halogens is 2. The molecule has 0 radical (unpaired) electrons. The molecule has 0 atom stereocenters. The molecule has 1 aliphatic heterocycles. The van der Waals surface area contributed by atoms with E-state index in [1.165, 1.54) is 6.42 Å². The molecule has 19 heavy (non-hydrogen) atoms. The van der Waals surface area contributed by atoms with Crippen molar-refractivity contribution in [2.75, 3.05) is 18.4 Å². The van der Waals surface area contributed by atoms with E-state index in [4.69, 9.17) is 27.9 Å². The van der Waals surface area contributed by atoms with Crippen LogP contribution in [0.25, 0.3) is 0 Å². The molecule has 1 aliphatic rings. The Balaban J connectivity index is 0.000000550. The lowest BCUT2D eigenvalue weighted by Gasteiger charge is -2.25. The molecule has 106 valence electrons. The zero-order valence-electron chi connectivity index (χ0n) is 10.9. The number of carbonyl (C=O) groups is 1. The molecule has 2 rings (SSSR count). The van der Waals surface area contributed by atoms with Gasteiger partial charge in [0.15, 0.2) is 0 Å². The van der Waals surface area contributed by atoms with E-state index in [9.17, 15) is 4.79 Å². The zero-order valence-corrected chi connectivity index (χ0v) is 12.4. The number of likely N-dealkylation sites (tertiary alicyclic amines) is 1. The van der Waals surface area contributed by atoms with Crippen LogP contribution in [0.4, 0.5) is 4.79 Å². The molecule has 1 saturated heterocycles. The van der Waals surface area contributed by atoms with E-state index in [0.29, 0.717) is 6.61 Å². The first kappa shape index (κ1) is 16.1. The maximum atomic E-state index is 11.7. The van der Waals surface area contributed by atoms with Gasteiger partial charge in [0.2, 0.25) is 0 Å². The van der Waals surface area contributed by atoms with E-state index < -0.39 is 0 Å². The summed E-state index contributed by atoms with van der Waals surface area (Å²) < 4.78 is 5.25. The quantitative estimate of drug-likeness (QED) is 0.765. The Hall–Kier alpha value is -0.930. The van der Waals surface area contributed by atoms with Crippen molar-refractivity contribution in [3.8, 4) is 0 Å². The summed E-state index contributed by atoms with van der Waals surface area (Å²) in [5, 5.41) is 0.194. The SMILES string of the molecule is ClCCl.O=C(OCc1ccccc1)N1CCCCC1. The van der Waals surface area contributed by atoms with Gasteiger partial charge in [0.1, 0.15) is 6.61 Å². The van der Waals surface area contributed by atoms with Gasteiger partial charge >= 0.3 is 6.09 Å². The first-order valence-corrected chi connectivity index (χ1v) is 7.42. The van der Waals surface area contributed by atoms with E-state index in [0.717, 1.165) is 31.5 Å². The minimum atomic E-state index is -0.177. The van der Waals surface area contributed by atoms with Crippen LogP contribution in [0.2, 0.25) is 0 Å². The fourth-order valence-corrected chi connectivity index (χ4v) is 1.89. The molecule has 5 heteroatoms. The molecule has 0 saturated carbocycles. The van der Waals surface area contributed by atoms with Gasteiger partial charge in [-0.1, -0.05) is 30.3 Å². The molecule has 0 aliphatic carbocycles. The number of carbonyl (C=O) groups excluding carboxylic acids is 1. The highest BCUT2D eigenvalue weighted by Gasteiger charge is 2.17. The van der Waals surface area contributed by atoms with E-state index in [2.05, 4.69) is 0 Å². The number of hydrogen-bond donors (Lipinski definition) is 0. The Labute approximate surface area is 124 Å². The van der Waals surface area contributed by atoms with Gasteiger partial charge in [-0.2, -0.15) is 0 Å². The van der Waals surface area contributed by atoms with Gasteiger partial charge in [0, 0.05) is 13.1 Å². The third-order valence-corrected chi connectivity index (χ3v) is 2.82. The van der Waals surface area contributed by atoms with E-state index in [1.807, 2.05) is 30.3 Å². The van der Waals surface area contributed by atoms with Crippen molar-refractivity contribution >= 4 is 29.3 Å². The largest absolute Gasteiger partial charge is 0.445 e. The summed E-state index contributed by atoms with van der Waals surface area (Å²) in [5.41, 5.74) is 1.04. The van der Waals surface area contributed by atoms with Crippen molar-refractivity contribution in [1.82, 2.24) is 4.90 Å². The lowest BCUT2D eigenvalue weighted by Crippen LogP contribution is -2.35. The van der Waals surface area contributed by atoms with E-state index in [-0.39, 0.29) is 11.4 Å². The van der Waals surface area contributed by atoms with Crippen LogP contribution in [0.1, 0.15) is 24.8 Å². The van der Waals surface area contributed by atoms with Crippen molar-refractivity contribution in [3.05, 3.63) is 35.9 Å². The fourth-order valence-electron chi connectivity index (χ4n) is 1.89. The van der Waals surface area contributed by atoms with Crippen molar-refractivity contribution < 1.29 is 9.53 Å². The van der Waals surface area contributed by atoms with Crippen LogP contribution in [0.3, 0.4) is 0 Å². The lowest BCUT2D eigenvalue weighted by atomic mass is 10.1. The van der Waals surface area contributed by atoms with Crippen LogP contribution in [-0.4, -0.2) is 29.4 Å². The molecule has 0 spiro atoms. The second-order valence-electron chi connectivity index (χ2n) is 4.19. The minimum Gasteiger partial charge on any atom is -0.445 e. The molecule has 1 aromatic rings. The Bertz CT molecular complexity index is 354. The molecule has 0 aromatic heterocycles. The third-order valence-electron chi connectivity index (χ3n) is 2.82. The summed E-state index contributed by atoms with van der Waals surface area (Å²) in [6.45, 7) is 2.05. The molecule has 0 unspecified atom stereocenters. The minimum absolute atomic E-state index is 0.177. The number of rotatable bonds is 2. The zero-order chi connectivity index (χ0) is 13.9. The average molecular weight is 304 g/mol. The second kappa shape index (κ2) is 9.93. The van der Waals surface area contributed by atoms with Gasteiger partial charge < -0.3 is 9.64 Å². The summed E-state index contributed by atoms with van der Waals surface area (Å²) in [6.07, 6.45) is 3.24. The predicted molar refractivity (Wildman–Crippen MR) is 78.6 cm³/mol. The molecule has 0 bridgehead atoms. The fraction of sp³-hybridized carbons (Fsp3) is 0.500. The van der Waals surface area contributed by atoms with Crippen LogP contribution in [0.5, 0.6) is 0 Å². The van der Waals surface area contributed by atoms with Crippen molar-refractivity contribution in [1.29, 1.82) is 0 Å². The highest BCUT2D eigenvalue weighted by atomic mass is 35.5. The van der Waals surface area contributed by atoms with E-state index >= 15 is 0 Å². The van der Waals surface area contributed by atoms with Gasteiger partial charge in [0.25, 0.3) is 0 Å². The number of ether oxygens (including phenoxy) is 1. The van der Waals surface area contributed by atoms with Gasteiger partial charge in [-0.05, 0) is 24.8 Å². The molecular weight excluding hydrogens is 285 g/mol. The Morgan fingerprint density at radius 2 is 1.68 bits per heavy atom. The predicted octanol–water partition coefficient (Wildman–Crippen LogP) is 4.23. The van der Waals surface area contributed by atoms with Crippen LogP contribution in [0.15, 0.2) is 30.3 Å².